The third-order valence-electron chi connectivity index (χ3n) is 4.30. The van der Waals surface area contributed by atoms with Crippen LogP contribution in [-0.2, 0) is 16.1 Å². The molecule has 0 unspecified atom stereocenters. The number of aromatic nitrogens is 2. The lowest BCUT2D eigenvalue weighted by molar-refractivity contribution is -0.126. The minimum Gasteiger partial charge on any atom is -0.371 e. The van der Waals surface area contributed by atoms with Crippen LogP contribution in [0.1, 0.15) is 38.0 Å². The van der Waals surface area contributed by atoms with Crippen LogP contribution in [0.4, 0.5) is 0 Å². The molecule has 0 radical (unpaired) electrons. The van der Waals surface area contributed by atoms with Gasteiger partial charge in [-0.25, -0.2) is 0 Å². The summed E-state index contributed by atoms with van der Waals surface area (Å²) in [5, 5.41) is 8.00. The molecule has 0 saturated carbocycles. The summed E-state index contributed by atoms with van der Waals surface area (Å²) in [6.45, 7) is 4.29. The van der Waals surface area contributed by atoms with Crippen molar-refractivity contribution >= 4 is 17.7 Å². The first-order valence-corrected chi connectivity index (χ1v) is 8.87. The summed E-state index contributed by atoms with van der Waals surface area (Å²) in [6, 6.07) is 1.96. The van der Waals surface area contributed by atoms with Crippen LogP contribution in [-0.4, -0.2) is 39.8 Å². The van der Waals surface area contributed by atoms with Gasteiger partial charge < -0.3 is 10.1 Å². The van der Waals surface area contributed by atoms with Gasteiger partial charge in [0, 0.05) is 31.1 Å². The van der Waals surface area contributed by atoms with Crippen LogP contribution in [0.5, 0.6) is 0 Å². The molecule has 2 aliphatic rings. The minimum atomic E-state index is -0.149. The maximum atomic E-state index is 12.5. The zero-order valence-corrected chi connectivity index (χ0v) is 13.3. The molecule has 0 bridgehead atoms. The van der Waals surface area contributed by atoms with Crippen molar-refractivity contribution in [2.24, 2.45) is 5.92 Å². The first-order chi connectivity index (χ1) is 10.3. The van der Waals surface area contributed by atoms with E-state index in [0.717, 1.165) is 25.2 Å². The van der Waals surface area contributed by atoms with Crippen LogP contribution < -0.4 is 5.32 Å². The molecule has 1 aromatic heterocycles. The van der Waals surface area contributed by atoms with E-state index in [-0.39, 0.29) is 17.9 Å². The van der Waals surface area contributed by atoms with E-state index < -0.39 is 0 Å². The van der Waals surface area contributed by atoms with Crippen LogP contribution in [0.3, 0.4) is 0 Å². The smallest absolute Gasteiger partial charge is 0.226 e. The van der Waals surface area contributed by atoms with E-state index in [1.54, 1.807) is 6.20 Å². The molecule has 2 aliphatic heterocycles. The van der Waals surface area contributed by atoms with E-state index in [1.807, 2.05) is 22.5 Å². The molecule has 3 atom stereocenters. The first-order valence-electron chi connectivity index (χ1n) is 7.82. The van der Waals surface area contributed by atoms with Crippen LogP contribution >= 0.6 is 11.8 Å². The Morgan fingerprint density at radius 3 is 3.24 bits per heavy atom. The summed E-state index contributed by atoms with van der Waals surface area (Å²) in [4.78, 5) is 12.5. The Labute approximate surface area is 129 Å². The van der Waals surface area contributed by atoms with E-state index in [9.17, 15) is 4.79 Å². The standard InChI is InChI=1S/C15H23N3O2S/c1-2-18-13(5-7-17-18)14-12(6-8-20-14)15(19)16-10-11-4-3-9-21-11/h5,7,11-12,14H,2-4,6,8-10H2,1H3,(H,16,19)/t11-,12+,14+/m0/s1. The lowest BCUT2D eigenvalue weighted by atomic mass is 9.98. The summed E-state index contributed by atoms with van der Waals surface area (Å²) in [5.74, 6) is 1.28. The Morgan fingerprint density at radius 1 is 1.57 bits per heavy atom. The number of ether oxygens (including phenoxy) is 1. The lowest BCUT2D eigenvalue weighted by Gasteiger charge is -2.20. The Hall–Kier alpha value is -1.01. The van der Waals surface area contributed by atoms with E-state index in [2.05, 4.69) is 17.3 Å². The molecular formula is C15H23N3O2S. The quantitative estimate of drug-likeness (QED) is 0.904. The third kappa shape index (κ3) is 3.26. The highest BCUT2D eigenvalue weighted by atomic mass is 32.2. The van der Waals surface area contributed by atoms with Gasteiger partial charge in [0.05, 0.1) is 11.6 Å². The van der Waals surface area contributed by atoms with Crippen molar-refractivity contribution in [2.75, 3.05) is 18.9 Å². The summed E-state index contributed by atoms with van der Waals surface area (Å²) in [5.41, 5.74) is 1.02. The van der Waals surface area contributed by atoms with Crippen molar-refractivity contribution in [2.45, 2.75) is 44.1 Å². The van der Waals surface area contributed by atoms with Crippen molar-refractivity contribution in [3.05, 3.63) is 18.0 Å². The summed E-state index contributed by atoms with van der Waals surface area (Å²) in [6.07, 6.45) is 4.92. The van der Waals surface area contributed by atoms with E-state index in [0.29, 0.717) is 11.9 Å². The van der Waals surface area contributed by atoms with Crippen molar-refractivity contribution in [1.82, 2.24) is 15.1 Å². The number of carbonyl (C=O) groups excluding carboxylic acids is 1. The number of hydrogen-bond acceptors (Lipinski definition) is 4. The van der Waals surface area contributed by atoms with Crippen molar-refractivity contribution < 1.29 is 9.53 Å². The fraction of sp³-hybridized carbons (Fsp3) is 0.733. The third-order valence-corrected chi connectivity index (χ3v) is 5.70. The highest BCUT2D eigenvalue weighted by Gasteiger charge is 2.37. The second-order valence-corrected chi connectivity index (χ2v) is 7.05. The highest BCUT2D eigenvalue weighted by molar-refractivity contribution is 8.00. The zero-order chi connectivity index (χ0) is 14.7. The molecule has 1 amide bonds. The maximum absolute atomic E-state index is 12.5. The van der Waals surface area contributed by atoms with E-state index in [1.165, 1.54) is 18.6 Å². The number of aryl methyl sites for hydroxylation is 1. The first kappa shape index (κ1) is 14.9. The van der Waals surface area contributed by atoms with Gasteiger partial charge in [0.1, 0.15) is 6.10 Å². The molecule has 6 heteroatoms. The molecule has 5 nitrogen and oxygen atoms in total. The number of carbonyl (C=O) groups is 1. The molecule has 0 aliphatic carbocycles. The van der Waals surface area contributed by atoms with Gasteiger partial charge in [-0.2, -0.15) is 16.9 Å². The number of nitrogens with zero attached hydrogens (tertiary/aromatic N) is 2. The van der Waals surface area contributed by atoms with Gasteiger partial charge in [-0.1, -0.05) is 0 Å². The Kier molecular flexibility index (Phi) is 4.85. The number of amides is 1. The maximum Gasteiger partial charge on any atom is 0.226 e. The second kappa shape index (κ2) is 6.83. The molecule has 1 aromatic rings. The summed E-state index contributed by atoms with van der Waals surface area (Å²) < 4.78 is 7.74. The molecule has 1 N–H and O–H groups in total. The molecule has 21 heavy (non-hydrogen) atoms. The lowest BCUT2D eigenvalue weighted by Crippen LogP contribution is -2.36. The van der Waals surface area contributed by atoms with Gasteiger partial charge in [0.2, 0.25) is 5.91 Å². The summed E-state index contributed by atoms with van der Waals surface area (Å²) in [7, 11) is 0. The van der Waals surface area contributed by atoms with Gasteiger partial charge in [-0.3, -0.25) is 9.48 Å². The number of rotatable bonds is 5. The normalized spacial score (nSPS) is 28.9. The molecule has 3 rings (SSSR count). The Bertz CT molecular complexity index is 485. The fourth-order valence-electron chi connectivity index (χ4n) is 3.15. The van der Waals surface area contributed by atoms with Crippen molar-refractivity contribution in [3.63, 3.8) is 0 Å². The molecule has 2 fully saturated rings. The monoisotopic (exact) mass is 309 g/mol. The fourth-order valence-corrected chi connectivity index (χ4v) is 4.35. The average Bonchev–Trinajstić information content (AvgIpc) is 3.23. The molecule has 0 spiro atoms. The van der Waals surface area contributed by atoms with Gasteiger partial charge in [-0.05, 0) is 38.0 Å². The van der Waals surface area contributed by atoms with Crippen LogP contribution in [0, 0.1) is 5.92 Å². The predicted molar refractivity (Wildman–Crippen MR) is 83.2 cm³/mol. The largest absolute Gasteiger partial charge is 0.371 e. The predicted octanol–water partition coefficient (Wildman–Crippen LogP) is 1.99. The van der Waals surface area contributed by atoms with Gasteiger partial charge in [0.25, 0.3) is 0 Å². The molecule has 116 valence electrons. The van der Waals surface area contributed by atoms with Crippen LogP contribution in [0.25, 0.3) is 0 Å². The Balaban J connectivity index is 1.61. The van der Waals surface area contributed by atoms with Crippen LogP contribution in [0.15, 0.2) is 12.3 Å². The Morgan fingerprint density at radius 2 is 2.48 bits per heavy atom. The van der Waals surface area contributed by atoms with Crippen LogP contribution in [0.2, 0.25) is 0 Å². The van der Waals surface area contributed by atoms with E-state index in [4.69, 9.17) is 4.74 Å². The van der Waals surface area contributed by atoms with Gasteiger partial charge >= 0.3 is 0 Å². The van der Waals surface area contributed by atoms with Crippen molar-refractivity contribution in [1.29, 1.82) is 0 Å². The SMILES string of the molecule is CCn1nccc1[C@@H]1OCC[C@H]1C(=O)NC[C@@H]1CCCS1. The van der Waals surface area contributed by atoms with E-state index >= 15 is 0 Å². The number of nitrogens with one attached hydrogen (secondary N) is 1. The van der Waals surface area contributed by atoms with Gasteiger partial charge in [-0.15, -0.1) is 0 Å². The average molecular weight is 309 g/mol. The number of thioether (sulfide) groups is 1. The molecule has 0 aromatic carbocycles. The zero-order valence-electron chi connectivity index (χ0n) is 12.5. The minimum absolute atomic E-state index is 0.0848. The molecule has 3 heterocycles. The van der Waals surface area contributed by atoms with Gasteiger partial charge in [0.15, 0.2) is 0 Å². The highest BCUT2D eigenvalue weighted by Crippen LogP contribution is 2.34. The second-order valence-electron chi connectivity index (χ2n) is 5.64. The molecular weight excluding hydrogens is 286 g/mol. The summed E-state index contributed by atoms with van der Waals surface area (Å²) >= 11 is 1.97. The van der Waals surface area contributed by atoms with Crippen molar-refractivity contribution in [3.8, 4) is 0 Å². The molecule has 2 saturated heterocycles. The number of hydrogen-bond donors (Lipinski definition) is 1. The topological polar surface area (TPSA) is 56.2 Å².